The number of hydrogen-bond donors (Lipinski definition) is 4. The Labute approximate surface area is 111 Å². The molecule has 0 rings (SSSR count). The number of nitrogens with one attached hydrogen (secondary N) is 3. The molecule has 0 bridgehead atoms. The molecule has 0 aromatic heterocycles. The Kier molecular flexibility index (Phi) is 8.80. The molecule has 0 saturated carbocycles. The molecule has 0 atom stereocenters. The molecular formula is C11H19N3O5. The van der Waals surface area contributed by atoms with Crippen LogP contribution in [-0.2, 0) is 14.3 Å². The van der Waals surface area contributed by atoms with Crippen LogP contribution in [0, 0.1) is 0 Å². The van der Waals surface area contributed by atoms with Gasteiger partial charge in [0.05, 0.1) is 19.8 Å². The Morgan fingerprint density at radius 3 is 2.42 bits per heavy atom. The largest absolute Gasteiger partial charge is 0.480 e. The summed E-state index contributed by atoms with van der Waals surface area (Å²) in [6, 6.07) is -0.524. The van der Waals surface area contributed by atoms with Gasteiger partial charge in [0.1, 0.15) is 6.54 Å². The van der Waals surface area contributed by atoms with Gasteiger partial charge in [0.25, 0.3) is 0 Å². The van der Waals surface area contributed by atoms with Crippen molar-refractivity contribution in [2.24, 2.45) is 0 Å². The van der Waals surface area contributed by atoms with Crippen LogP contribution in [0.3, 0.4) is 0 Å². The summed E-state index contributed by atoms with van der Waals surface area (Å²) in [5, 5.41) is 15.2. The molecule has 0 saturated heterocycles. The minimum atomic E-state index is -1.15. The molecule has 0 spiro atoms. The van der Waals surface area contributed by atoms with E-state index in [1.165, 1.54) is 0 Å². The molecule has 108 valence electrons. The summed E-state index contributed by atoms with van der Waals surface area (Å²) in [5.41, 5.74) is 0.888. The van der Waals surface area contributed by atoms with Gasteiger partial charge >= 0.3 is 12.0 Å². The second kappa shape index (κ2) is 9.89. The zero-order chi connectivity index (χ0) is 14.7. The van der Waals surface area contributed by atoms with Crippen LogP contribution in [0.15, 0.2) is 12.2 Å². The lowest BCUT2D eigenvalue weighted by molar-refractivity contribution is -0.137. The van der Waals surface area contributed by atoms with Crippen LogP contribution in [0.5, 0.6) is 0 Å². The quantitative estimate of drug-likeness (QED) is 0.320. The van der Waals surface area contributed by atoms with E-state index in [0.29, 0.717) is 19.8 Å². The molecule has 0 radical (unpaired) electrons. The van der Waals surface area contributed by atoms with Gasteiger partial charge in [-0.25, -0.2) is 4.79 Å². The van der Waals surface area contributed by atoms with Gasteiger partial charge in [-0.3, -0.25) is 9.59 Å². The Morgan fingerprint density at radius 1 is 1.16 bits per heavy atom. The van der Waals surface area contributed by atoms with Crippen molar-refractivity contribution in [2.75, 3.05) is 32.8 Å². The van der Waals surface area contributed by atoms with E-state index in [2.05, 4.69) is 22.5 Å². The third-order valence-electron chi connectivity index (χ3n) is 1.73. The summed E-state index contributed by atoms with van der Waals surface area (Å²) in [7, 11) is 0. The molecule has 0 aliphatic carbocycles. The van der Waals surface area contributed by atoms with Crippen molar-refractivity contribution in [3.8, 4) is 0 Å². The molecule has 3 amide bonds. The highest BCUT2D eigenvalue weighted by atomic mass is 16.5. The predicted octanol–water partition coefficient (Wildman–Crippen LogP) is -0.921. The summed E-state index contributed by atoms with van der Waals surface area (Å²) in [6.07, 6.45) is 0. The van der Waals surface area contributed by atoms with E-state index in [9.17, 15) is 14.4 Å². The van der Waals surface area contributed by atoms with Crippen molar-refractivity contribution in [1.82, 2.24) is 16.0 Å². The first-order chi connectivity index (χ1) is 8.91. The highest BCUT2D eigenvalue weighted by Crippen LogP contribution is 1.86. The van der Waals surface area contributed by atoms with Gasteiger partial charge in [0, 0.05) is 6.54 Å². The average Bonchev–Trinajstić information content (AvgIpc) is 2.33. The molecule has 19 heavy (non-hydrogen) atoms. The number of ether oxygens (including phenoxy) is 1. The lowest BCUT2D eigenvalue weighted by Gasteiger charge is -2.08. The molecule has 0 fully saturated rings. The zero-order valence-corrected chi connectivity index (χ0v) is 10.8. The summed E-state index contributed by atoms with van der Waals surface area (Å²) in [6.45, 7) is 5.80. The Bertz CT molecular complexity index is 343. The molecule has 0 aliphatic heterocycles. The topological polar surface area (TPSA) is 117 Å². The fraction of sp³-hybridized carbons (Fsp3) is 0.545. The second-order valence-corrected chi connectivity index (χ2v) is 3.79. The van der Waals surface area contributed by atoms with E-state index in [-0.39, 0.29) is 6.54 Å². The number of amides is 3. The van der Waals surface area contributed by atoms with Crippen LogP contribution in [0.2, 0.25) is 0 Å². The molecular weight excluding hydrogens is 254 g/mol. The number of carboxylic acid groups (broad SMARTS) is 1. The van der Waals surface area contributed by atoms with E-state index in [1.807, 2.05) is 6.92 Å². The third kappa shape index (κ3) is 12.2. The summed E-state index contributed by atoms with van der Waals surface area (Å²) in [4.78, 5) is 32.4. The Morgan fingerprint density at radius 2 is 1.84 bits per heavy atom. The van der Waals surface area contributed by atoms with Gasteiger partial charge in [-0.2, -0.15) is 0 Å². The molecule has 0 heterocycles. The molecule has 0 aromatic carbocycles. The molecule has 8 nitrogen and oxygen atoms in total. The predicted molar refractivity (Wildman–Crippen MR) is 67.7 cm³/mol. The number of carbonyl (C=O) groups excluding carboxylic acids is 2. The molecule has 8 heteroatoms. The maximum atomic E-state index is 11.2. The SMILES string of the molecule is C=C(C)COCCNC(=O)NCC(=O)NCC(=O)O. The van der Waals surface area contributed by atoms with Crippen LogP contribution < -0.4 is 16.0 Å². The van der Waals surface area contributed by atoms with E-state index >= 15 is 0 Å². The highest BCUT2D eigenvalue weighted by molar-refractivity contribution is 5.86. The summed E-state index contributed by atoms with van der Waals surface area (Å²) in [5.74, 6) is -1.72. The third-order valence-corrected chi connectivity index (χ3v) is 1.73. The molecule has 4 N–H and O–H groups in total. The van der Waals surface area contributed by atoms with E-state index in [4.69, 9.17) is 9.84 Å². The standard InChI is InChI=1S/C11H19N3O5/c1-8(2)7-19-4-3-12-11(18)14-5-9(15)13-6-10(16)17/h1,3-7H2,2H3,(H,13,15)(H,16,17)(H2,12,14,18). The lowest BCUT2D eigenvalue weighted by Crippen LogP contribution is -2.43. The maximum absolute atomic E-state index is 11.2. The van der Waals surface area contributed by atoms with Crippen molar-refractivity contribution in [2.45, 2.75) is 6.92 Å². The minimum Gasteiger partial charge on any atom is -0.480 e. The smallest absolute Gasteiger partial charge is 0.322 e. The normalized spacial score (nSPS) is 9.53. The van der Waals surface area contributed by atoms with Crippen LogP contribution in [0.1, 0.15) is 6.92 Å². The molecule has 0 aromatic rings. The van der Waals surface area contributed by atoms with Crippen LogP contribution in [-0.4, -0.2) is 55.9 Å². The number of hydrogen-bond acceptors (Lipinski definition) is 4. The first-order valence-corrected chi connectivity index (χ1v) is 5.64. The Hall–Kier alpha value is -2.09. The minimum absolute atomic E-state index is 0.286. The first kappa shape index (κ1) is 16.9. The lowest BCUT2D eigenvalue weighted by atomic mass is 10.4. The van der Waals surface area contributed by atoms with Gasteiger partial charge in [0.15, 0.2) is 0 Å². The van der Waals surface area contributed by atoms with Crippen molar-refractivity contribution < 1.29 is 24.2 Å². The van der Waals surface area contributed by atoms with Crippen LogP contribution in [0.4, 0.5) is 4.79 Å². The van der Waals surface area contributed by atoms with Crippen LogP contribution >= 0.6 is 0 Å². The number of rotatable bonds is 9. The number of aliphatic carboxylic acids is 1. The molecule has 0 unspecified atom stereocenters. The fourth-order valence-electron chi connectivity index (χ4n) is 0.943. The average molecular weight is 273 g/mol. The van der Waals surface area contributed by atoms with Crippen LogP contribution in [0.25, 0.3) is 0 Å². The molecule has 0 aliphatic rings. The maximum Gasteiger partial charge on any atom is 0.322 e. The monoisotopic (exact) mass is 273 g/mol. The zero-order valence-electron chi connectivity index (χ0n) is 10.8. The van der Waals surface area contributed by atoms with E-state index in [0.717, 1.165) is 5.57 Å². The van der Waals surface area contributed by atoms with Gasteiger partial charge < -0.3 is 25.8 Å². The van der Waals surface area contributed by atoms with Crippen molar-refractivity contribution in [1.29, 1.82) is 0 Å². The van der Waals surface area contributed by atoms with Gasteiger partial charge in [-0.1, -0.05) is 12.2 Å². The first-order valence-electron chi connectivity index (χ1n) is 5.64. The van der Waals surface area contributed by atoms with Crippen molar-refractivity contribution in [3.05, 3.63) is 12.2 Å². The highest BCUT2D eigenvalue weighted by Gasteiger charge is 2.05. The van der Waals surface area contributed by atoms with Gasteiger partial charge in [-0.05, 0) is 6.92 Å². The van der Waals surface area contributed by atoms with Crippen molar-refractivity contribution in [3.63, 3.8) is 0 Å². The number of urea groups is 1. The van der Waals surface area contributed by atoms with E-state index in [1.54, 1.807) is 0 Å². The van der Waals surface area contributed by atoms with E-state index < -0.39 is 24.5 Å². The number of carbonyl (C=O) groups is 3. The van der Waals surface area contributed by atoms with Crippen molar-refractivity contribution >= 4 is 17.9 Å². The Balaban J connectivity index is 3.51. The van der Waals surface area contributed by atoms with Gasteiger partial charge in [-0.15, -0.1) is 0 Å². The second-order valence-electron chi connectivity index (χ2n) is 3.79. The summed E-state index contributed by atoms with van der Waals surface area (Å²) >= 11 is 0. The fourth-order valence-corrected chi connectivity index (χ4v) is 0.943. The summed E-state index contributed by atoms with van der Waals surface area (Å²) < 4.78 is 5.15. The van der Waals surface area contributed by atoms with Gasteiger partial charge in [0.2, 0.25) is 5.91 Å². The number of carboxylic acids is 1.